The first-order valence-electron chi connectivity index (χ1n) is 3.67. The summed E-state index contributed by atoms with van der Waals surface area (Å²) in [6.07, 6.45) is 2.76. The van der Waals surface area contributed by atoms with E-state index in [-0.39, 0.29) is 11.9 Å². The molecule has 2 radical (unpaired) electrons. The van der Waals surface area contributed by atoms with Crippen LogP contribution in [0.1, 0.15) is 26.2 Å². The summed E-state index contributed by atoms with van der Waals surface area (Å²) in [5, 5.41) is 9.28. The van der Waals surface area contributed by atoms with Gasteiger partial charge in [0.2, 0.25) is 0 Å². The first kappa shape index (κ1) is 7.14. The van der Waals surface area contributed by atoms with E-state index in [2.05, 4.69) is 6.92 Å². The monoisotopic (exact) mass is 124 g/mol. The first-order chi connectivity index (χ1) is 4.24. The van der Waals surface area contributed by atoms with E-state index in [1.54, 1.807) is 0 Å². The third kappa shape index (κ3) is 1.48. The van der Waals surface area contributed by atoms with Gasteiger partial charge in [0.05, 0.1) is 14.0 Å². The lowest BCUT2D eigenvalue weighted by Gasteiger charge is -2.09. The van der Waals surface area contributed by atoms with E-state index in [0.29, 0.717) is 5.92 Å². The Kier molecular flexibility index (Phi) is 2.17. The van der Waals surface area contributed by atoms with Gasteiger partial charge in [-0.3, -0.25) is 0 Å². The predicted octanol–water partition coefficient (Wildman–Crippen LogP) is 1.12. The first-order valence-corrected chi connectivity index (χ1v) is 3.67. The highest BCUT2D eigenvalue weighted by atomic mass is 16.3. The van der Waals surface area contributed by atoms with Gasteiger partial charge < -0.3 is 5.11 Å². The number of rotatable bonds is 1. The van der Waals surface area contributed by atoms with Gasteiger partial charge in [-0.15, -0.1) is 0 Å². The third-order valence-electron chi connectivity index (χ3n) is 2.22. The van der Waals surface area contributed by atoms with Crippen molar-refractivity contribution in [2.24, 2.45) is 5.92 Å². The van der Waals surface area contributed by atoms with Crippen molar-refractivity contribution in [3.05, 3.63) is 0 Å². The minimum absolute atomic E-state index is 0.120. The van der Waals surface area contributed by atoms with Crippen molar-refractivity contribution >= 4 is 7.85 Å². The lowest BCUT2D eigenvalue weighted by Crippen LogP contribution is -2.10. The molecule has 0 saturated heterocycles. The second-order valence-electron chi connectivity index (χ2n) is 2.97. The summed E-state index contributed by atoms with van der Waals surface area (Å²) in [6, 6.07) is 0. The van der Waals surface area contributed by atoms with E-state index in [1.807, 2.05) is 0 Å². The average molecular weight is 124 g/mol. The van der Waals surface area contributed by atoms with Crippen molar-refractivity contribution in [1.29, 1.82) is 0 Å². The molecule has 50 valence electrons. The number of aliphatic hydroxyl groups is 1. The Morgan fingerprint density at radius 3 is 2.44 bits per heavy atom. The topological polar surface area (TPSA) is 20.2 Å². The van der Waals surface area contributed by atoms with Crippen molar-refractivity contribution in [1.82, 2.24) is 0 Å². The van der Waals surface area contributed by atoms with Crippen molar-refractivity contribution in [3.8, 4) is 0 Å². The number of hydrogen-bond donors (Lipinski definition) is 1. The SMILES string of the molecule is [B][C@H]1CC(O)[C@@H](CC)C1. The molecule has 0 aromatic heterocycles. The van der Waals surface area contributed by atoms with Gasteiger partial charge >= 0.3 is 0 Å². The van der Waals surface area contributed by atoms with E-state index in [9.17, 15) is 5.11 Å². The molecule has 0 bridgehead atoms. The molecular formula is C7H13BO. The molecule has 1 N–H and O–H groups in total. The molecule has 1 aliphatic rings. The standard InChI is InChI=1S/C7H13BO/c1-2-5-3-6(8)4-7(5)9/h5-7,9H,2-4H2,1H3/t5-,6+,7?/m0/s1. The van der Waals surface area contributed by atoms with E-state index >= 15 is 0 Å². The Morgan fingerprint density at radius 1 is 1.56 bits per heavy atom. The lowest BCUT2D eigenvalue weighted by molar-refractivity contribution is 0.131. The van der Waals surface area contributed by atoms with Gasteiger partial charge in [-0.1, -0.05) is 25.6 Å². The summed E-state index contributed by atoms with van der Waals surface area (Å²) in [6.45, 7) is 2.10. The zero-order valence-electron chi connectivity index (χ0n) is 5.88. The van der Waals surface area contributed by atoms with Crippen LogP contribution in [0.3, 0.4) is 0 Å². The zero-order chi connectivity index (χ0) is 6.85. The maximum Gasteiger partial charge on any atom is 0.0700 e. The van der Waals surface area contributed by atoms with Crippen molar-refractivity contribution in [2.45, 2.75) is 38.1 Å². The van der Waals surface area contributed by atoms with Crippen LogP contribution in [0.4, 0.5) is 0 Å². The second-order valence-corrected chi connectivity index (χ2v) is 2.97. The lowest BCUT2D eigenvalue weighted by atomic mass is 9.85. The molecular weight excluding hydrogens is 111 g/mol. The largest absolute Gasteiger partial charge is 0.393 e. The molecule has 0 heterocycles. The quantitative estimate of drug-likeness (QED) is 0.519. The molecule has 1 nitrogen and oxygen atoms in total. The Balaban J connectivity index is 2.38. The molecule has 0 aliphatic heterocycles. The van der Waals surface area contributed by atoms with Crippen molar-refractivity contribution < 1.29 is 5.11 Å². The fourth-order valence-corrected chi connectivity index (χ4v) is 1.58. The predicted molar refractivity (Wildman–Crippen MR) is 38.5 cm³/mol. The Labute approximate surface area is 57.9 Å². The average Bonchev–Trinajstić information content (AvgIpc) is 2.10. The van der Waals surface area contributed by atoms with Gasteiger partial charge in [-0.2, -0.15) is 0 Å². The highest BCUT2D eigenvalue weighted by Crippen LogP contribution is 2.34. The van der Waals surface area contributed by atoms with Crippen LogP contribution in [0, 0.1) is 5.92 Å². The number of aliphatic hydroxyl groups excluding tert-OH is 1. The fraction of sp³-hybridized carbons (Fsp3) is 1.00. The van der Waals surface area contributed by atoms with E-state index in [0.717, 1.165) is 19.3 Å². The molecule has 2 heteroatoms. The van der Waals surface area contributed by atoms with E-state index in [4.69, 9.17) is 7.85 Å². The molecule has 1 aliphatic carbocycles. The maximum atomic E-state index is 9.28. The molecule has 1 saturated carbocycles. The summed E-state index contributed by atoms with van der Waals surface area (Å²) in [5.74, 6) is 0.727. The van der Waals surface area contributed by atoms with Crippen LogP contribution in [-0.2, 0) is 0 Å². The van der Waals surface area contributed by atoms with Crippen LogP contribution in [-0.4, -0.2) is 19.1 Å². The van der Waals surface area contributed by atoms with Crippen LogP contribution >= 0.6 is 0 Å². The van der Waals surface area contributed by atoms with Crippen LogP contribution in [0.2, 0.25) is 5.82 Å². The van der Waals surface area contributed by atoms with Crippen LogP contribution < -0.4 is 0 Å². The normalized spacial score (nSPS) is 43.6. The van der Waals surface area contributed by atoms with Crippen molar-refractivity contribution in [2.75, 3.05) is 0 Å². The second kappa shape index (κ2) is 2.74. The minimum atomic E-state index is -0.120. The molecule has 0 amide bonds. The van der Waals surface area contributed by atoms with E-state index < -0.39 is 0 Å². The van der Waals surface area contributed by atoms with Gasteiger partial charge in [-0.25, -0.2) is 0 Å². The zero-order valence-corrected chi connectivity index (χ0v) is 5.88. The van der Waals surface area contributed by atoms with E-state index in [1.165, 1.54) is 0 Å². The van der Waals surface area contributed by atoms with Gasteiger partial charge in [0.1, 0.15) is 0 Å². The summed E-state index contributed by atoms with van der Waals surface area (Å²) in [5.41, 5.74) is 0. The molecule has 3 atom stereocenters. The van der Waals surface area contributed by atoms with Gasteiger partial charge in [0.15, 0.2) is 0 Å². The smallest absolute Gasteiger partial charge is 0.0700 e. The fourth-order valence-electron chi connectivity index (χ4n) is 1.58. The van der Waals surface area contributed by atoms with Crippen LogP contribution in [0.15, 0.2) is 0 Å². The Bertz CT molecular complexity index is 94.9. The summed E-state index contributed by atoms with van der Waals surface area (Å²) >= 11 is 0. The molecule has 0 aromatic carbocycles. The number of hydrogen-bond acceptors (Lipinski definition) is 1. The summed E-state index contributed by atoms with van der Waals surface area (Å²) in [4.78, 5) is 0. The summed E-state index contributed by atoms with van der Waals surface area (Å²) < 4.78 is 0. The minimum Gasteiger partial charge on any atom is -0.393 e. The maximum absolute atomic E-state index is 9.28. The van der Waals surface area contributed by atoms with Gasteiger partial charge in [-0.05, 0) is 12.3 Å². The third-order valence-corrected chi connectivity index (χ3v) is 2.22. The van der Waals surface area contributed by atoms with Gasteiger partial charge in [0, 0.05) is 0 Å². The summed E-state index contributed by atoms with van der Waals surface area (Å²) in [7, 11) is 5.63. The molecule has 1 fully saturated rings. The highest BCUT2D eigenvalue weighted by molar-refractivity contribution is 6.11. The highest BCUT2D eigenvalue weighted by Gasteiger charge is 2.27. The molecule has 9 heavy (non-hydrogen) atoms. The molecule has 1 unspecified atom stereocenters. The van der Waals surface area contributed by atoms with Gasteiger partial charge in [0.25, 0.3) is 0 Å². The Hall–Kier alpha value is 0.0249. The Morgan fingerprint density at radius 2 is 2.22 bits per heavy atom. The van der Waals surface area contributed by atoms with Crippen LogP contribution in [0.5, 0.6) is 0 Å². The molecule has 0 aromatic rings. The van der Waals surface area contributed by atoms with Crippen molar-refractivity contribution in [3.63, 3.8) is 0 Å². The molecule has 0 spiro atoms. The molecule has 1 rings (SSSR count). The van der Waals surface area contributed by atoms with Crippen LogP contribution in [0.25, 0.3) is 0 Å².